The molecule has 2 saturated carbocycles. The molecule has 2 aliphatic carbocycles. The van der Waals surface area contributed by atoms with Crippen molar-refractivity contribution < 1.29 is 36.7 Å². The number of rotatable bonds is 2. The molecule has 29 heavy (non-hydrogen) atoms. The molecule has 1 saturated heterocycles. The molecular weight excluding hydrogens is 387 g/mol. The molecule has 3 rings (SSSR count). The van der Waals surface area contributed by atoms with Crippen LogP contribution in [0.2, 0.25) is 0 Å². The number of nitrogens with zero attached hydrogens (tertiary/aromatic N) is 1. The number of fused-ring (bicyclic) bond motifs is 3. The summed E-state index contributed by atoms with van der Waals surface area (Å²) in [4.78, 5) is 25.4. The van der Waals surface area contributed by atoms with E-state index in [9.17, 15) is 22.8 Å². The number of hydrogen-bond acceptors (Lipinski definition) is 4. The van der Waals surface area contributed by atoms with Gasteiger partial charge in [0, 0.05) is 5.41 Å². The molecule has 3 fully saturated rings. The normalized spacial score (nSPS) is 34.4. The number of carbonyl (C=O) groups is 2. The van der Waals surface area contributed by atoms with Crippen LogP contribution >= 0.6 is 0 Å². The number of esters is 1. The zero-order valence-electron chi connectivity index (χ0n) is 18.2. The summed E-state index contributed by atoms with van der Waals surface area (Å²) in [5.41, 5.74) is -2.68. The largest absolute Gasteiger partial charge is 0.571 e. The van der Waals surface area contributed by atoms with Crippen LogP contribution in [0.4, 0.5) is 18.0 Å². The molecule has 1 aliphatic heterocycles. The van der Waals surface area contributed by atoms with E-state index in [2.05, 4.69) is 0 Å². The smallest absolute Gasteiger partial charge is 0.465 e. The summed E-state index contributed by atoms with van der Waals surface area (Å²) in [7, 11) is 0. The summed E-state index contributed by atoms with van der Waals surface area (Å²) < 4.78 is 52.3. The van der Waals surface area contributed by atoms with Crippen molar-refractivity contribution >= 4 is 12.1 Å². The van der Waals surface area contributed by atoms with Crippen LogP contribution in [0.15, 0.2) is 0 Å². The third-order valence-electron chi connectivity index (χ3n) is 7.08. The van der Waals surface area contributed by atoms with Crippen LogP contribution < -0.4 is 0 Å². The molecule has 0 N–H and O–H groups in total. The predicted octanol–water partition coefficient (Wildman–Crippen LogP) is 5.04. The quantitative estimate of drug-likeness (QED) is 0.357. The molecule has 0 aromatic carbocycles. The third kappa shape index (κ3) is 3.45. The zero-order chi connectivity index (χ0) is 22.0. The Morgan fingerprint density at radius 2 is 1.79 bits per heavy atom. The van der Waals surface area contributed by atoms with Crippen molar-refractivity contribution in [3.8, 4) is 0 Å². The van der Waals surface area contributed by atoms with Gasteiger partial charge in [0.15, 0.2) is 0 Å². The fourth-order valence-corrected chi connectivity index (χ4v) is 5.74. The van der Waals surface area contributed by atoms with Crippen LogP contribution in [0.5, 0.6) is 0 Å². The van der Waals surface area contributed by atoms with Crippen molar-refractivity contribution in [2.45, 2.75) is 85.2 Å². The molecule has 2 bridgehead atoms. The maximum atomic E-state index is 14.4. The minimum absolute atomic E-state index is 0.0188. The van der Waals surface area contributed by atoms with Gasteiger partial charge in [-0.2, -0.15) is 4.79 Å². The molecule has 3 aliphatic rings. The Bertz CT molecular complexity index is 678. The van der Waals surface area contributed by atoms with E-state index in [0.717, 1.165) is 0 Å². The highest BCUT2D eigenvalue weighted by molar-refractivity contribution is 5.79. The predicted molar refractivity (Wildman–Crippen MR) is 99.5 cm³/mol. The first-order chi connectivity index (χ1) is 13.0. The Labute approximate surface area is 170 Å². The van der Waals surface area contributed by atoms with E-state index in [1.54, 1.807) is 20.8 Å². The van der Waals surface area contributed by atoms with E-state index in [1.807, 2.05) is 0 Å². The Morgan fingerprint density at radius 1 is 1.17 bits per heavy atom. The second-order valence-electron chi connectivity index (χ2n) is 11.3. The minimum Gasteiger partial charge on any atom is -0.465 e. The minimum atomic E-state index is -4.79. The highest BCUT2D eigenvalue weighted by Gasteiger charge is 2.70. The molecule has 166 valence electrons. The van der Waals surface area contributed by atoms with Gasteiger partial charge < -0.3 is 9.47 Å². The highest BCUT2D eigenvalue weighted by atomic mass is 19.4. The summed E-state index contributed by atoms with van der Waals surface area (Å²) in [6, 6.07) is 0. The number of amides is 1. The Morgan fingerprint density at radius 3 is 2.17 bits per heavy atom. The van der Waals surface area contributed by atoms with Crippen LogP contribution in [0.25, 0.3) is 0 Å². The number of carbonyl (C=O) groups excluding carboxylic acids is 2. The first-order valence-electron chi connectivity index (χ1n) is 10.4. The van der Waals surface area contributed by atoms with Gasteiger partial charge in [-0.15, -0.1) is 17.7 Å². The SMILES string of the molecule is CC(C)(C)C[N+](C(=O)OC1CC2CC1CC21CCOC1=O)(C(C)(C)C)C(F)(F)F. The highest BCUT2D eigenvalue weighted by Crippen LogP contribution is 2.60. The number of ether oxygens (including phenoxy) is 2. The first-order valence-corrected chi connectivity index (χ1v) is 10.4. The number of alkyl halides is 3. The summed E-state index contributed by atoms with van der Waals surface area (Å²) in [5.74, 6) is -0.262. The van der Waals surface area contributed by atoms with Crippen LogP contribution in [-0.2, 0) is 14.3 Å². The molecule has 1 spiro atoms. The molecular formula is C21H33F3NO4+. The average molecular weight is 420 g/mol. The fraction of sp³-hybridized carbons (Fsp3) is 0.905. The van der Waals surface area contributed by atoms with E-state index < -0.39 is 45.9 Å². The third-order valence-corrected chi connectivity index (χ3v) is 7.08. The van der Waals surface area contributed by atoms with Crippen molar-refractivity contribution in [1.82, 2.24) is 0 Å². The number of cyclic esters (lactones) is 1. The Kier molecular flexibility index (Phi) is 5.09. The van der Waals surface area contributed by atoms with Crippen LogP contribution in [0.3, 0.4) is 0 Å². The van der Waals surface area contributed by atoms with Crippen molar-refractivity contribution in [2.24, 2.45) is 22.7 Å². The molecule has 0 aromatic heterocycles. The second-order valence-corrected chi connectivity index (χ2v) is 11.3. The Hall–Kier alpha value is -1.31. The van der Waals surface area contributed by atoms with E-state index in [1.165, 1.54) is 20.8 Å². The monoisotopic (exact) mass is 420 g/mol. The Balaban J connectivity index is 1.85. The second kappa shape index (κ2) is 6.59. The van der Waals surface area contributed by atoms with Gasteiger partial charge in [-0.3, -0.25) is 4.79 Å². The average Bonchev–Trinajstić information content (AvgIpc) is 3.17. The lowest BCUT2D eigenvalue weighted by Crippen LogP contribution is -2.73. The van der Waals surface area contributed by atoms with Crippen LogP contribution in [0, 0.1) is 22.7 Å². The van der Waals surface area contributed by atoms with Gasteiger partial charge in [-0.1, -0.05) is 20.8 Å². The maximum Gasteiger partial charge on any atom is 0.571 e. The van der Waals surface area contributed by atoms with Gasteiger partial charge in [-0.05, 0) is 58.3 Å². The van der Waals surface area contributed by atoms with Gasteiger partial charge in [0.05, 0.1) is 12.0 Å². The molecule has 1 amide bonds. The molecule has 5 atom stereocenters. The fourth-order valence-electron chi connectivity index (χ4n) is 5.74. The maximum absolute atomic E-state index is 14.4. The number of quaternary nitrogens is 1. The van der Waals surface area contributed by atoms with E-state index in [0.29, 0.717) is 32.3 Å². The summed E-state index contributed by atoms with van der Waals surface area (Å²) in [5, 5.41) is 0. The van der Waals surface area contributed by atoms with Crippen molar-refractivity contribution in [2.75, 3.05) is 13.2 Å². The van der Waals surface area contributed by atoms with Crippen LogP contribution in [0.1, 0.15) is 67.2 Å². The molecule has 5 unspecified atom stereocenters. The summed E-state index contributed by atoms with van der Waals surface area (Å²) in [6.07, 6.45) is -4.28. The first kappa shape index (κ1) is 22.4. The van der Waals surface area contributed by atoms with E-state index in [-0.39, 0.29) is 17.8 Å². The van der Waals surface area contributed by atoms with Crippen molar-refractivity contribution in [3.63, 3.8) is 0 Å². The van der Waals surface area contributed by atoms with Gasteiger partial charge in [0.25, 0.3) is 0 Å². The summed E-state index contributed by atoms with van der Waals surface area (Å²) in [6.45, 7) is 9.35. The number of halogens is 3. The van der Waals surface area contributed by atoms with Gasteiger partial charge in [0.1, 0.15) is 18.2 Å². The topological polar surface area (TPSA) is 52.6 Å². The van der Waals surface area contributed by atoms with Crippen LogP contribution in [-0.4, -0.2) is 47.6 Å². The van der Waals surface area contributed by atoms with Gasteiger partial charge >= 0.3 is 18.4 Å². The van der Waals surface area contributed by atoms with Crippen molar-refractivity contribution in [1.29, 1.82) is 0 Å². The molecule has 0 radical (unpaired) electrons. The molecule has 1 heterocycles. The van der Waals surface area contributed by atoms with E-state index in [4.69, 9.17) is 9.47 Å². The zero-order valence-corrected chi connectivity index (χ0v) is 18.2. The number of hydrogen-bond donors (Lipinski definition) is 0. The van der Waals surface area contributed by atoms with Gasteiger partial charge in [0.2, 0.25) is 0 Å². The molecule has 8 heteroatoms. The standard InChI is InChI=1S/C21H33F3NO4/c1-18(2,3)12-25(19(4,5)6,21(22,23)24)17(27)29-15-10-14-9-13(15)11-20(14)7-8-28-16(20)26/h13-15H,7-12H2,1-6H3/q+1. The lowest BCUT2D eigenvalue weighted by atomic mass is 9.71. The van der Waals surface area contributed by atoms with Gasteiger partial charge in [-0.25, -0.2) is 0 Å². The lowest BCUT2D eigenvalue weighted by molar-refractivity contribution is -1.01. The van der Waals surface area contributed by atoms with E-state index >= 15 is 0 Å². The van der Waals surface area contributed by atoms with Crippen molar-refractivity contribution in [3.05, 3.63) is 0 Å². The molecule has 0 aromatic rings. The lowest BCUT2D eigenvalue weighted by Gasteiger charge is -2.47. The summed E-state index contributed by atoms with van der Waals surface area (Å²) >= 11 is 0. The molecule has 5 nitrogen and oxygen atoms in total.